The lowest BCUT2D eigenvalue weighted by atomic mass is 10.1. The standard InChI is InChI=1S/C13H24N2O4/c1-19-8-4-7-11(14)13(18)15(9-12(16)17)10-5-2-3-6-10/h10-11H,2-9,14H2,1H3,(H,16,17). The van der Waals surface area contributed by atoms with Gasteiger partial charge in [-0.25, -0.2) is 0 Å². The summed E-state index contributed by atoms with van der Waals surface area (Å²) in [5, 5.41) is 8.93. The maximum Gasteiger partial charge on any atom is 0.323 e. The Bertz CT molecular complexity index is 303. The van der Waals surface area contributed by atoms with Crippen LogP contribution in [0.3, 0.4) is 0 Å². The molecular formula is C13H24N2O4. The molecule has 1 saturated carbocycles. The quantitative estimate of drug-likeness (QED) is 0.631. The van der Waals surface area contributed by atoms with Crippen LogP contribution in [0.2, 0.25) is 0 Å². The zero-order chi connectivity index (χ0) is 14.3. The molecular weight excluding hydrogens is 248 g/mol. The van der Waals surface area contributed by atoms with Crippen LogP contribution in [0.5, 0.6) is 0 Å². The maximum absolute atomic E-state index is 12.3. The van der Waals surface area contributed by atoms with Gasteiger partial charge in [-0.15, -0.1) is 0 Å². The van der Waals surface area contributed by atoms with Gasteiger partial charge in [0.1, 0.15) is 6.54 Å². The largest absolute Gasteiger partial charge is 0.480 e. The van der Waals surface area contributed by atoms with Gasteiger partial charge in [-0.3, -0.25) is 9.59 Å². The fourth-order valence-electron chi connectivity index (χ4n) is 2.53. The van der Waals surface area contributed by atoms with Gasteiger partial charge in [-0.2, -0.15) is 0 Å². The molecule has 0 aliphatic heterocycles. The zero-order valence-corrected chi connectivity index (χ0v) is 11.5. The predicted molar refractivity (Wildman–Crippen MR) is 70.7 cm³/mol. The molecule has 0 spiro atoms. The number of rotatable bonds is 8. The summed E-state index contributed by atoms with van der Waals surface area (Å²) in [4.78, 5) is 24.6. The van der Waals surface area contributed by atoms with E-state index in [-0.39, 0.29) is 18.5 Å². The molecule has 0 saturated heterocycles. The molecule has 0 aromatic heterocycles. The number of hydrogen-bond donors (Lipinski definition) is 2. The van der Waals surface area contributed by atoms with Crippen LogP contribution in [-0.4, -0.2) is 54.2 Å². The molecule has 1 unspecified atom stereocenters. The van der Waals surface area contributed by atoms with Gasteiger partial charge in [0, 0.05) is 19.8 Å². The monoisotopic (exact) mass is 272 g/mol. The molecule has 6 nitrogen and oxygen atoms in total. The first-order valence-corrected chi connectivity index (χ1v) is 6.83. The van der Waals surface area contributed by atoms with Gasteiger partial charge in [0.2, 0.25) is 5.91 Å². The average molecular weight is 272 g/mol. The minimum Gasteiger partial charge on any atom is -0.480 e. The Morgan fingerprint density at radius 2 is 2.05 bits per heavy atom. The first-order valence-electron chi connectivity index (χ1n) is 6.83. The Morgan fingerprint density at radius 3 is 2.58 bits per heavy atom. The number of carboxylic acids is 1. The van der Waals surface area contributed by atoms with Crippen LogP contribution in [0.25, 0.3) is 0 Å². The molecule has 0 aromatic rings. The molecule has 110 valence electrons. The summed E-state index contributed by atoms with van der Waals surface area (Å²) in [6, 6.07) is -0.591. The number of carboxylic acid groups (broad SMARTS) is 1. The van der Waals surface area contributed by atoms with E-state index in [0.717, 1.165) is 25.7 Å². The number of nitrogens with zero attached hydrogens (tertiary/aromatic N) is 1. The van der Waals surface area contributed by atoms with E-state index in [4.69, 9.17) is 15.6 Å². The fraction of sp³-hybridized carbons (Fsp3) is 0.846. The van der Waals surface area contributed by atoms with Gasteiger partial charge in [0.05, 0.1) is 6.04 Å². The van der Waals surface area contributed by atoms with Gasteiger partial charge >= 0.3 is 5.97 Å². The van der Waals surface area contributed by atoms with Gasteiger partial charge in [0.15, 0.2) is 0 Å². The molecule has 3 N–H and O–H groups in total. The fourth-order valence-corrected chi connectivity index (χ4v) is 2.53. The molecule has 1 fully saturated rings. The predicted octanol–water partition coefficient (Wildman–Crippen LogP) is 0.596. The van der Waals surface area contributed by atoms with Crippen molar-refractivity contribution in [3.63, 3.8) is 0 Å². The third kappa shape index (κ3) is 5.16. The van der Waals surface area contributed by atoms with Gasteiger partial charge in [-0.1, -0.05) is 12.8 Å². The first kappa shape index (κ1) is 15.9. The third-order valence-electron chi connectivity index (χ3n) is 3.53. The lowest BCUT2D eigenvalue weighted by Gasteiger charge is -2.29. The minimum atomic E-state index is -0.982. The van der Waals surface area contributed by atoms with E-state index in [1.54, 1.807) is 7.11 Å². The normalized spacial score (nSPS) is 17.4. The molecule has 0 heterocycles. The molecule has 1 aliphatic rings. The topological polar surface area (TPSA) is 92.9 Å². The minimum absolute atomic E-state index is 0.0390. The second-order valence-corrected chi connectivity index (χ2v) is 5.04. The van der Waals surface area contributed by atoms with Crippen molar-refractivity contribution in [1.29, 1.82) is 0 Å². The molecule has 0 radical (unpaired) electrons. The summed E-state index contributed by atoms with van der Waals surface area (Å²) in [6.07, 6.45) is 5.08. The molecule has 0 bridgehead atoms. The summed E-state index contributed by atoms with van der Waals surface area (Å²) < 4.78 is 4.92. The lowest BCUT2D eigenvalue weighted by Crippen LogP contribution is -2.50. The summed E-state index contributed by atoms with van der Waals surface area (Å²) >= 11 is 0. The second kappa shape index (κ2) is 8.12. The van der Waals surface area contributed by atoms with Crippen LogP contribution >= 0.6 is 0 Å². The Kier molecular flexibility index (Phi) is 6.80. The van der Waals surface area contributed by atoms with E-state index in [9.17, 15) is 9.59 Å². The lowest BCUT2D eigenvalue weighted by molar-refractivity contribution is -0.146. The van der Waals surface area contributed by atoms with Crippen molar-refractivity contribution in [3.05, 3.63) is 0 Å². The molecule has 1 rings (SSSR count). The molecule has 0 aromatic carbocycles. The summed E-state index contributed by atoms with van der Waals surface area (Å²) in [5.74, 6) is -1.23. The van der Waals surface area contributed by atoms with Crippen LogP contribution in [0.4, 0.5) is 0 Å². The van der Waals surface area contributed by atoms with E-state index >= 15 is 0 Å². The average Bonchev–Trinajstić information content (AvgIpc) is 2.88. The summed E-state index contributed by atoms with van der Waals surface area (Å²) in [6.45, 7) is 0.310. The number of aliphatic carboxylic acids is 1. The molecule has 19 heavy (non-hydrogen) atoms. The van der Waals surface area contributed by atoms with Crippen LogP contribution in [0.1, 0.15) is 38.5 Å². The van der Waals surface area contributed by atoms with Crippen LogP contribution < -0.4 is 5.73 Å². The highest BCUT2D eigenvalue weighted by Crippen LogP contribution is 2.24. The van der Waals surface area contributed by atoms with Crippen LogP contribution in [-0.2, 0) is 14.3 Å². The molecule has 6 heteroatoms. The molecule has 1 atom stereocenters. The second-order valence-electron chi connectivity index (χ2n) is 5.04. The molecule has 1 aliphatic carbocycles. The highest BCUT2D eigenvalue weighted by molar-refractivity contribution is 5.85. The van der Waals surface area contributed by atoms with Crippen molar-refractivity contribution in [2.75, 3.05) is 20.3 Å². The number of amides is 1. The SMILES string of the molecule is COCCCC(N)C(=O)N(CC(=O)O)C1CCCC1. The van der Waals surface area contributed by atoms with E-state index in [0.29, 0.717) is 19.4 Å². The summed E-state index contributed by atoms with van der Waals surface area (Å²) in [7, 11) is 1.60. The highest BCUT2D eigenvalue weighted by atomic mass is 16.5. The van der Waals surface area contributed by atoms with Crippen molar-refractivity contribution in [3.8, 4) is 0 Å². The summed E-state index contributed by atoms with van der Waals surface area (Å²) in [5.41, 5.74) is 5.86. The number of carbonyl (C=O) groups is 2. The van der Waals surface area contributed by atoms with Gasteiger partial charge < -0.3 is 20.5 Å². The first-order chi connectivity index (χ1) is 9.06. The Morgan fingerprint density at radius 1 is 1.42 bits per heavy atom. The Hall–Kier alpha value is -1.14. The van der Waals surface area contributed by atoms with Gasteiger partial charge in [0.25, 0.3) is 0 Å². The van der Waals surface area contributed by atoms with Crippen molar-refractivity contribution in [2.45, 2.75) is 50.6 Å². The van der Waals surface area contributed by atoms with Crippen molar-refractivity contribution in [2.24, 2.45) is 5.73 Å². The van der Waals surface area contributed by atoms with E-state index < -0.39 is 12.0 Å². The van der Waals surface area contributed by atoms with E-state index in [1.807, 2.05) is 0 Å². The number of carbonyl (C=O) groups excluding carboxylic acids is 1. The number of methoxy groups -OCH3 is 1. The number of ether oxygens (including phenoxy) is 1. The van der Waals surface area contributed by atoms with Crippen LogP contribution in [0.15, 0.2) is 0 Å². The Balaban J connectivity index is 2.56. The highest BCUT2D eigenvalue weighted by Gasteiger charge is 2.30. The van der Waals surface area contributed by atoms with Crippen LogP contribution in [0, 0.1) is 0 Å². The maximum atomic E-state index is 12.3. The zero-order valence-electron chi connectivity index (χ0n) is 11.5. The van der Waals surface area contributed by atoms with E-state index in [1.165, 1.54) is 4.90 Å². The van der Waals surface area contributed by atoms with E-state index in [2.05, 4.69) is 0 Å². The third-order valence-corrected chi connectivity index (χ3v) is 3.53. The number of nitrogens with two attached hydrogens (primary N) is 1. The van der Waals surface area contributed by atoms with Gasteiger partial charge in [-0.05, 0) is 25.7 Å². The molecule has 1 amide bonds. The smallest absolute Gasteiger partial charge is 0.323 e. The van der Waals surface area contributed by atoms with Crippen molar-refractivity contribution >= 4 is 11.9 Å². The number of hydrogen-bond acceptors (Lipinski definition) is 4. The Labute approximate surface area is 113 Å². The van der Waals surface area contributed by atoms with Crippen molar-refractivity contribution < 1.29 is 19.4 Å². The van der Waals surface area contributed by atoms with Crippen molar-refractivity contribution in [1.82, 2.24) is 4.90 Å².